The van der Waals surface area contributed by atoms with Crippen molar-refractivity contribution < 1.29 is 19.0 Å². The first kappa shape index (κ1) is 18.9. The van der Waals surface area contributed by atoms with Gasteiger partial charge >= 0.3 is 0 Å². The van der Waals surface area contributed by atoms with E-state index in [9.17, 15) is 4.79 Å². The van der Waals surface area contributed by atoms with Gasteiger partial charge in [-0.2, -0.15) is 5.10 Å². The van der Waals surface area contributed by atoms with Gasteiger partial charge in [0.15, 0.2) is 18.1 Å². The zero-order valence-electron chi connectivity index (χ0n) is 16.4. The maximum atomic E-state index is 12.5. The van der Waals surface area contributed by atoms with Crippen molar-refractivity contribution in [2.45, 2.75) is 26.2 Å². The molecule has 0 fully saturated rings. The minimum absolute atomic E-state index is 0.0902. The topological polar surface area (TPSA) is 85.5 Å². The van der Waals surface area contributed by atoms with E-state index in [0.717, 1.165) is 28.9 Å². The lowest BCUT2D eigenvalue weighted by Crippen LogP contribution is -2.21. The number of ether oxygens (including phenoxy) is 3. The second kappa shape index (κ2) is 8.26. The molecule has 0 saturated carbocycles. The maximum Gasteiger partial charge on any atom is 0.263 e. The zero-order chi connectivity index (χ0) is 20.2. The molecule has 7 heteroatoms. The molecule has 29 heavy (non-hydrogen) atoms. The van der Waals surface area contributed by atoms with E-state index in [1.807, 2.05) is 42.5 Å². The molecule has 1 atom stereocenters. The number of amides is 1. The Balaban J connectivity index is 1.44. The summed E-state index contributed by atoms with van der Waals surface area (Å²) < 4.78 is 16.6. The second-order valence-corrected chi connectivity index (χ2v) is 6.91. The average Bonchev–Trinajstić information content (AvgIpc) is 3.40. The number of rotatable bonds is 7. The number of nitrogens with one attached hydrogen (secondary N) is 2. The van der Waals surface area contributed by atoms with Crippen LogP contribution >= 0.6 is 0 Å². The third-order valence-corrected chi connectivity index (χ3v) is 5.01. The highest BCUT2D eigenvalue weighted by atomic mass is 16.7. The summed E-state index contributed by atoms with van der Waals surface area (Å²) >= 11 is 0. The fourth-order valence-electron chi connectivity index (χ4n) is 3.22. The lowest BCUT2D eigenvalue weighted by atomic mass is 9.98. The molecular weight excluding hydrogens is 370 g/mol. The first-order valence-corrected chi connectivity index (χ1v) is 9.60. The van der Waals surface area contributed by atoms with Crippen molar-refractivity contribution in [2.75, 3.05) is 18.7 Å². The third kappa shape index (κ3) is 4.03. The van der Waals surface area contributed by atoms with E-state index in [1.165, 1.54) is 0 Å². The van der Waals surface area contributed by atoms with Crippen molar-refractivity contribution in [3.63, 3.8) is 0 Å². The van der Waals surface area contributed by atoms with Gasteiger partial charge in [-0.25, -0.2) is 0 Å². The number of carbonyl (C=O) groups excluding carboxylic acids is 1. The molecule has 1 aromatic heterocycles. The number of nitrogens with zero attached hydrogens (tertiary/aromatic N) is 1. The molecule has 3 aromatic rings. The summed E-state index contributed by atoms with van der Waals surface area (Å²) in [6, 6.07) is 13.4. The minimum Gasteiger partial charge on any atom is -0.483 e. The van der Waals surface area contributed by atoms with Gasteiger partial charge in [0.25, 0.3) is 5.91 Å². The van der Waals surface area contributed by atoms with Crippen molar-refractivity contribution in [3.05, 3.63) is 54.2 Å². The van der Waals surface area contributed by atoms with E-state index in [0.29, 0.717) is 23.2 Å². The van der Waals surface area contributed by atoms with E-state index in [-0.39, 0.29) is 19.3 Å². The summed E-state index contributed by atoms with van der Waals surface area (Å²) in [6.45, 7) is 4.39. The lowest BCUT2D eigenvalue weighted by molar-refractivity contribution is -0.118. The molecule has 1 aliphatic rings. The molecule has 150 valence electrons. The van der Waals surface area contributed by atoms with Gasteiger partial charge < -0.3 is 19.5 Å². The zero-order valence-corrected chi connectivity index (χ0v) is 16.4. The van der Waals surface area contributed by atoms with Crippen molar-refractivity contribution in [1.29, 1.82) is 0 Å². The van der Waals surface area contributed by atoms with Gasteiger partial charge in [-0.15, -0.1) is 0 Å². The van der Waals surface area contributed by atoms with Crippen LogP contribution in [0, 0.1) is 0 Å². The highest BCUT2D eigenvalue weighted by Gasteiger charge is 2.17. The standard InChI is InChI=1S/C22H23N3O4/c1-3-14(2)16-6-4-5-7-18(16)27-12-21(26)24-22-17(11-23-25-22)15-8-9-19-20(10-15)29-13-28-19/h4-11,14H,3,12-13H2,1-2H3,(H2,23,24,25,26). The smallest absolute Gasteiger partial charge is 0.263 e. The molecule has 1 unspecified atom stereocenters. The van der Waals surface area contributed by atoms with Gasteiger partial charge in [-0.3, -0.25) is 9.89 Å². The molecule has 4 rings (SSSR count). The van der Waals surface area contributed by atoms with Crippen molar-refractivity contribution in [2.24, 2.45) is 0 Å². The quantitative estimate of drug-likeness (QED) is 0.624. The Kier molecular flexibility index (Phi) is 5.37. The SMILES string of the molecule is CCC(C)c1ccccc1OCC(=O)Nc1[nH]ncc1-c1ccc2c(c1)OCO2. The van der Waals surface area contributed by atoms with Crippen LogP contribution in [0.4, 0.5) is 5.82 Å². The summed E-state index contributed by atoms with van der Waals surface area (Å²) in [5, 5.41) is 9.73. The van der Waals surface area contributed by atoms with Gasteiger partial charge in [-0.1, -0.05) is 38.1 Å². The van der Waals surface area contributed by atoms with Crippen molar-refractivity contribution in [3.8, 4) is 28.4 Å². The van der Waals surface area contributed by atoms with Crippen LogP contribution in [0.5, 0.6) is 17.2 Å². The Morgan fingerprint density at radius 1 is 1.24 bits per heavy atom. The van der Waals surface area contributed by atoms with E-state index in [1.54, 1.807) is 6.20 Å². The number of hydrogen-bond donors (Lipinski definition) is 2. The first-order chi connectivity index (χ1) is 14.2. The number of aromatic amines is 1. The van der Waals surface area contributed by atoms with Crippen LogP contribution in [0.3, 0.4) is 0 Å². The highest BCUT2D eigenvalue weighted by molar-refractivity contribution is 5.95. The van der Waals surface area contributed by atoms with Crippen LogP contribution in [-0.2, 0) is 4.79 Å². The van der Waals surface area contributed by atoms with E-state index in [4.69, 9.17) is 14.2 Å². The number of anilines is 1. The van der Waals surface area contributed by atoms with Crippen LogP contribution in [0.1, 0.15) is 31.7 Å². The molecule has 1 amide bonds. The fraction of sp³-hybridized carbons (Fsp3) is 0.273. The van der Waals surface area contributed by atoms with Gasteiger partial charge in [0.1, 0.15) is 11.6 Å². The Morgan fingerprint density at radius 3 is 2.93 bits per heavy atom. The molecule has 0 aliphatic carbocycles. The average molecular weight is 393 g/mol. The van der Waals surface area contributed by atoms with Gasteiger partial charge in [-0.05, 0) is 41.7 Å². The summed E-state index contributed by atoms with van der Waals surface area (Å²) in [6.07, 6.45) is 2.66. The molecule has 2 aromatic carbocycles. The third-order valence-electron chi connectivity index (χ3n) is 5.01. The molecular formula is C22H23N3O4. The summed E-state index contributed by atoms with van der Waals surface area (Å²) in [5.41, 5.74) is 2.73. The number of H-pyrrole nitrogens is 1. The van der Waals surface area contributed by atoms with Gasteiger partial charge in [0.2, 0.25) is 6.79 Å². The number of carbonyl (C=O) groups is 1. The highest BCUT2D eigenvalue weighted by Crippen LogP contribution is 2.37. The Labute approximate surface area is 169 Å². The molecule has 0 saturated heterocycles. The van der Waals surface area contributed by atoms with Crippen LogP contribution < -0.4 is 19.5 Å². The maximum absolute atomic E-state index is 12.5. The molecule has 2 heterocycles. The van der Waals surface area contributed by atoms with E-state index >= 15 is 0 Å². The van der Waals surface area contributed by atoms with E-state index < -0.39 is 0 Å². The van der Waals surface area contributed by atoms with Crippen LogP contribution in [0.2, 0.25) is 0 Å². The normalized spacial score (nSPS) is 13.2. The molecule has 7 nitrogen and oxygen atoms in total. The molecule has 1 aliphatic heterocycles. The molecule has 0 bridgehead atoms. The summed E-state index contributed by atoms with van der Waals surface area (Å²) in [7, 11) is 0. The Bertz CT molecular complexity index is 1010. The second-order valence-electron chi connectivity index (χ2n) is 6.91. The largest absolute Gasteiger partial charge is 0.483 e. The number of aromatic nitrogens is 2. The minimum atomic E-state index is -0.268. The Morgan fingerprint density at radius 2 is 2.07 bits per heavy atom. The molecule has 2 N–H and O–H groups in total. The first-order valence-electron chi connectivity index (χ1n) is 9.60. The predicted molar refractivity (Wildman–Crippen MR) is 109 cm³/mol. The number of para-hydroxylation sites is 1. The monoisotopic (exact) mass is 393 g/mol. The molecule has 0 radical (unpaired) electrons. The fourth-order valence-corrected chi connectivity index (χ4v) is 3.22. The summed E-state index contributed by atoms with van der Waals surface area (Å²) in [4.78, 5) is 12.5. The summed E-state index contributed by atoms with van der Waals surface area (Å²) in [5.74, 6) is 2.71. The molecule has 0 spiro atoms. The van der Waals surface area contributed by atoms with Gasteiger partial charge in [0.05, 0.1) is 6.20 Å². The number of benzene rings is 2. The number of hydrogen-bond acceptors (Lipinski definition) is 5. The Hall–Kier alpha value is -3.48. The van der Waals surface area contributed by atoms with Crippen LogP contribution in [0.15, 0.2) is 48.7 Å². The number of fused-ring (bicyclic) bond motifs is 1. The van der Waals surface area contributed by atoms with Crippen molar-refractivity contribution >= 4 is 11.7 Å². The predicted octanol–water partition coefficient (Wildman–Crippen LogP) is 4.34. The van der Waals surface area contributed by atoms with Crippen molar-refractivity contribution in [1.82, 2.24) is 10.2 Å². The van der Waals surface area contributed by atoms with Gasteiger partial charge in [0, 0.05) is 5.56 Å². The van der Waals surface area contributed by atoms with E-state index in [2.05, 4.69) is 29.4 Å². The van der Waals surface area contributed by atoms with Crippen LogP contribution in [-0.4, -0.2) is 29.5 Å². The lowest BCUT2D eigenvalue weighted by Gasteiger charge is -2.15. The van der Waals surface area contributed by atoms with Crippen LogP contribution in [0.25, 0.3) is 11.1 Å².